The highest BCUT2D eigenvalue weighted by atomic mass is 32.2. The van der Waals surface area contributed by atoms with Crippen LogP contribution in [0.25, 0.3) is 0 Å². The van der Waals surface area contributed by atoms with Crippen molar-refractivity contribution in [2.75, 3.05) is 32.1 Å². The summed E-state index contributed by atoms with van der Waals surface area (Å²) in [5, 5.41) is 3.11. The van der Waals surface area contributed by atoms with Crippen LogP contribution in [0.3, 0.4) is 0 Å². The molecule has 0 spiro atoms. The number of rotatable bonds is 7. The molecule has 0 saturated carbocycles. The highest BCUT2D eigenvalue weighted by Crippen LogP contribution is 2.16. The van der Waals surface area contributed by atoms with E-state index in [1.807, 2.05) is 0 Å². The third kappa shape index (κ3) is 5.84. The molecule has 0 unspecified atom stereocenters. The highest BCUT2D eigenvalue weighted by molar-refractivity contribution is 7.92. The molecule has 1 aliphatic heterocycles. The first-order valence-corrected chi connectivity index (χ1v) is 8.24. The molecule has 1 aliphatic rings. The summed E-state index contributed by atoms with van der Waals surface area (Å²) >= 11 is 0. The Morgan fingerprint density at radius 2 is 1.94 bits per heavy atom. The molecule has 0 aromatic rings. The molecule has 0 aliphatic carbocycles. The van der Waals surface area contributed by atoms with Crippen LogP contribution in [0.15, 0.2) is 0 Å². The number of hydrogen-bond donors (Lipinski definition) is 1. The number of hydrogen-bond acceptors (Lipinski definition) is 4. The Hall–Kier alpha value is -0.130. The van der Waals surface area contributed by atoms with Crippen LogP contribution >= 0.6 is 0 Å². The van der Waals surface area contributed by atoms with E-state index in [9.17, 15) is 8.42 Å². The molecule has 0 amide bonds. The third-order valence-electron chi connectivity index (χ3n) is 3.01. The Kier molecular flexibility index (Phi) is 6.44. The van der Waals surface area contributed by atoms with Crippen LogP contribution in [0, 0.1) is 5.92 Å². The van der Waals surface area contributed by atoms with E-state index >= 15 is 0 Å². The van der Waals surface area contributed by atoms with E-state index in [-0.39, 0.29) is 5.25 Å². The van der Waals surface area contributed by atoms with Crippen LogP contribution in [0.2, 0.25) is 0 Å². The molecule has 1 saturated heterocycles. The lowest BCUT2D eigenvalue weighted by molar-refractivity contribution is 0.0983. The summed E-state index contributed by atoms with van der Waals surface area (Å²) in [6.45, 7) is 7.22. The van der Waals surface area contributed by atoms with Crippen LogP contribution in [0.4, 0.5) is 0 Å². The SMILES string of the molecule is CC(C)CNCCCS(=O)(=O)C1CCOCC1. The summed E-state index contributed by atoms with van der Waals surface area (Å²) in [6, 6.07) is 0. The van der Waals surface area contributed by atoms with Gasteiger partial charge in [-0.2, -0.15) is 0 Å². The highest BCUT2D eigenvalue weighted by Gasteiger charge is 2.26. The first-order chi connectivity index (χ1) is 8.02. The molecule has 0 atom stereocenters. The molecular formula is C12H25NO3S. The van der Waals surface area contributed by atoms with Gasteiger partial charge in [-0.3, -0.25) is 0 Å². The average Bonchev–Trinajstić information content (AvgIpc) is 2.29. The minimum atomic E-state index is -2.90. The van der Waals surface area contributed by atoms with Crippen molar-refractivity contribution in [3.8, 4) is 0 Å². The minimum absolute atomic E-state index is 0.165. The molecule has 5 heteroatoms. The van der Waals surface area contributed by atoms with Crippen molar-refractivity contribution in [2.45, 2.75) is 38.4 Å². The zero-order valence-corrected chi connectivity index (χ0v) is 11.8. The van der Waals surface area contributed by atoms with Crippen LogP contribution in [-0.2, 0) is 14.6 Å². The molecule has 102 valence electrons. The first kappa shape index (κ1) is 14.9. The lowest BCUT2D eigenvalue weighted by atomic mass is 10.2. The van der Waals surface area contributed by atoms with Crippen molar-refractivity contribution >= 4 is 9.84 Å². The van der Waals surface area contributed by atoms with Gasteiger partial charge in [-0.15, -0.1) is 0 Å². The molecule has 0 aromatic heterocycles. The van der Waals surface area contributed by atoms with Gasteiger partial charge >= 0.3 is 0 Å². The van der Waals surface area contributed by atoms with Crippen molar-refractivity contribution in [1.29, 1.82) is 0 Å². The fourth-order valence-electron chi connectivity index (χ4n) is 1.99. The van der Waals surface area contributed by atoms with Gasteiger partial charge in [0.1, 0.15) is 0 Å². The normalized spacial score (nSPS) is 18.8. The van der Waals surface area contributed by atoms with Crippen LogP contribution in [0.5, 0.6) is 0 Å². The minimum Gasteiger partial charge on any atom is -0.381 e. The van der Waals surface area contributed by atoms with Gasteiger partial charge in [-0.25, -0.2) is 8.42 Å². The Labute approximate surface area is 105 Å². The molecule has 17 heavy (non-hydrogen) atoms. The largest absolute Gasteiger partial charge is 0.381 e. The molecule has 1 heterocycles. The molecular weight excluding hydrogens is 238 g/mol. The summed E-state index contributed by atoms with van der Waals surface area (Å²) in [4.78, 5) is 0. The maximum atomic E-state index is 12.0. The second kappa shape index (κ2) is 7.34. The van der Waals surface area contributed by atoms with E-state index < -0.39 is 9.84 Å². The zero-order chi connectivity index (χ0) is 12.7. The summed E-state index contributed by atoms with van der Waals surface area (Å²) in [5.41, 5.74) is 0. The molecule has 0 radical (unpaired) electrons. The Morgan fingerprint density at radius 1 is 1.29 bits per heavy atom. The van der Waals surface area contributed by atoms with Crippen LogP contribution < -0.4 is 5.32 Å². The maximum Gasteiger partial charge on any atom is 0.153 e. The lowest BCUT2D eigenvalue weighted by Crippen LogP contribution is -2.32. The van der Waals surface area contributed by atoms with E-state index in [1.165, 1.54) is 0 Å². The summed E-state index contributed by atoms with van der Waals surface area (Å²) < 4.78 is 29.2. The van der Waals surface area contributed by atoms with Crippen LogP contribution in [-0.4, -0.2) is 45.7 Å². The van der Waals surface area contributed by atoms with Crippen molar-refractivity contribution in [2.24, 2.45) is 5.92 Å². The Balaban J connectivity index is 2.20. The van der Waals surface area contributed by atoms with Crippen molar-refractivity contribution < 1.29 is 13.2 Å². The predicted octanol–water partition coefficient (Wildman–Crippen LogP) is 1.22. The molecule has 4 nitrogen and oxygen atoms in total. The monoisotopic (exact) mass is 263 g/mol. The Morgan fingerprint density at radius 3 is 2.53 bits per heavy atom. The number of nitrogens with one attached hydrogen (secondary N) is 1. The van der Waals surface area contributed by atoms with Crippen molar-refractivity contribution in [3.63, 3.8) is 0 Å². The Bertz CT molecular complexity index is 295. The van der Waals surface area contributed by atoms with Crippen molar-refractivity contribution in [1.82, 2.24) is 5.32 Å². The van der Waals surface area contributed by atoms with Crippen LogP contribution in [0.1, 0.15) is 33.1 Å². The quantitative estimate of drug-likeness (QED) is 0.702. The topological polar surface area (TPSA) is 55.4 Å². The number of sulfone groups is 1. The maximum absolute atomic E-state index is 12.0. The molecule has 0 bridgehead atoms. The smallest absolute Gasteiger partial charge is 0.153 e. The third-order valence-corrected chi connectivity index (χ3v) is 5.36. The van der Waals surface area contributed by atoms with Crippen molar-refractivity contribution in [3.05, 3.63) is 0 Å². The fraction of sp³-hybridized carbons (Fsp3) is 1.00. The van der Waals surface area contributed by atoms with Gasteiger partial charge in [0.15, 0.2) is 9.84 Å². The molecule has 0 aromatic carbocycles. The predicted molar refractivity (Wildman–Crippen MR) is 70.0 cm³/mol. The van der Waals surface area contributed by atoms with Gasteiger partial charge in [0, 0.05) is 13.2 Å². The molecule has 1 N–H and O–H groups in total. The second-order valence-corrected chi connectivity index (χ2v) is 7.53. The number of ether oxygens (including phenoxy) is 1. The molecule has 1 fully saturated rings. The zero-order valence-electron chi connectivity index (χ0n) is 10.9. The van der Waals surface area contributed by atoms with E-state index in [4.69, 9.17) is 4.74 Å². The van der Waals surface area contributed by atoms with E-state index in [0.717, 1.165) is 13.1 Å². The van der Waals surface area contributed by atoms with E-state index in [0.29, 0.717) is 44.1 Å². The van der Waals surface area contributed by atoms with E-state index in [1.54, 1.807) is 0 Å². The van der Waals surface area contributed by atoms with Gasteiger partial charge in [0.25, 0.3) is 0 Å². The second-order valence-electron chi connectivity index (χ2n) is 5.13. The van der Waals surface area contributed by atoms with Gasteiger partial charge in [0.05, 0.1) is 11.0 Å². The van der Waals surface area contributed by atoms with Gasteiger partial charge in [-0.05, 0) is 38.3 Å². The summed E-state index contributed by atoms with van der Waals surface area (Å²) in [6.07, 6.45) is 2.05. The van der Waals surface area contributed by atoms with E-state index in [2.05, 4.69) is 19.2 Å². The van der Waals surface area contributed by atoms with Gasteiger partial charge < -0.3 is 10.1 Å². The van der Waals surface area contributed by atoms with Gasteiger partial charge in [-0.1, -0.05) is 13.8 Å². The fourth-order valence-corrected chi connectivity index (χ4v) is 3.78. The van der Waals surface area contributed by atoms with Gasteiger partial charge in [0.2, 0.25) is 0 Å². The molecule has 1 rings (SSSR count). The summed E-state index contributed by atoms with van der Waals surface area (Å²) in [7, 11) is -2.90. The standard InChI is InChI=1S/C12H25NO3S/c1-11(2)10-13-6-3-9-17(14,15)12-4-7-16-8-5-12/h11-13H,3-10H2,1-2H3. The lowest BCUT2D eigenvalue weighted by Gasteiger charge is -2.22. The summed E-state index contributed by atoms with van der Waals surface area (Å²) in [5.74, 6) is 0.921. The average molecular weight is 263 g/mol. The first-order valence-electron chi connectivity index (χ1n) is 6.52.